The SMILES string of the molecule is CC(C)C1CCCC2(CN=C(N)N2C2CC2)C1. The molecule has 1 aliphatic heterocycles. The van der Waals surface area contributed by atoms with Gasteiger partial charge in [0.1, 0.15) is 0 Å². The Morgan fingerprint density at radius 1 is 1.35 bits per heavy atom. The van der Waals surface area contributed by atoms with Crippen molar-refractivity contribution in [3.05, 3.63) is 0 Å². The first-order chi connectivity index (χ1) is 8.12. The van der Waals surface area contributed by atoms with Crippen LogP contribution in [-0.4, -0.2) is 29.0 Å². The summed E-state index contributed by atoms with van der Waals surface area (Å²) in [6, 6.07) is 0.715. The van der Waals surface area contributed by atoms with Crippen molar-refractivity contribution in [3.8, 4) is 0 Å². The van der Waals surface area contributed by atoms with E-state index in [1.807, 2.05) is 0 Å². The van der Waals surface area contributed by atoms with Gasteiger partial charge in [-0.25, -0.2) is 0 Å². The van der Waals surface area contributed by atoms with Gasteiger partial charge in [0, 0.05) is 6.04 Å². The largest absolute Gasteiger partial charge is 0.370 e. The summed E-state index contributed by atoms with van der Waals surface area (Å²) in [7, 11) is 0. The number of nitrogens with zero attached hydrogens (tertiary/aromatic N) is 2. The summed E-state index contributed by atoms with van der Waals surface area (Å²) < 4.78 is 0. The fraction of sp³-hybridized carbons (Fsp3) is 0.929. The van der Waals surface area contributed by atoms with E-state index < -0.39 is 0 Å². The predicted octanol–water partition coefficient (Wildman–Crippen LogP) is 2.36. The second-order valence-corrected chi connectivity index (χ2v) is 6.60. The fourth-order valence-electron chi connectivity index (χ4n) is 3.85. The fourth-order valence-corrected chi connectivity index (χ4v) is 3.85. The summed E-state index contributed by atoms with van der Waals surface area (Å²) in [5.41, 5.74) is 6.43. The van der Waals surface area contributed by atoms with Gasteiger partial charge in [-0.15, -0.1) is 0 Å². The molecule has 0 bridgehead atoms. The molecule has 3 nitrogen and oxygen atoms in total. The van der Waals surface area contributed by atoms with Crippen LogP contribution in [0.1, 0.15) is 52.4 Å². The Morgan fingerprint density at radius 2 is 2.12 bits per heavy atom. The molecule has 2 fully saturated rings. The Morgan fingerprint density at radius 3 is 2.76 bits per heavy atom. The Labute approximate surface area is 104 Å². The van der Waals surface area contributed by atoms with Crippen LogP contribution in [0.3, 0.4) is 0 Å². The monoisotopic (exact) mass is 235 g/mol. The highest BCUT2D eigenvalue weighted by Gasteiger charge is 2.50. The van der Waals surface area contributed by atoms with E-state index in [1.54, 1.807) is 0 Å². The Kier molecular flexibility index (Phi) is 2.60. The zero-order chi connectivity index (χ0) is 12.0. The summed E-state index contributed by atoms with van der Waals surface area (Å²) in [6.45, 7) is 5.69. The van der Waals surface area contributed by atoms with Crippen LogP contribution in [0.2, 0.25) is 0 Å². The molecule has 2 unspecified atom stereocenters. The highest BCUT2D eigenvalue weighted by atomic mass is 15.4. The van der Waals surface area contributed by atoms with Crippen molar-refractivity contribution >= 4 is 5.96 Å². The van der Waals surface area contributed by atoms with Crippen molar-refractivity contribution in [1.29, 1.82) is 0 Å². The molecule has 2 N–H and O–H groups in total. The van der Waals surface area contributed by atoms with Gasteiger partial charge >= 0.3 is 0 Å². The third kappa shape index (κ3) is 1.84. The van der Waals surface area contributed by atoms with Crippen LogP contribution < -0.4 is 5.73 Å². The summed E-state index contributed by atoms with van der Waals surface area (Å²) in [5.74, 6) is 2.50. The Balaban J connectivity index is 1.80. The highest BCUT2D eigenvalue weighted by Crippen LogP contribution is 2.46. The molecule has 2 saturated carbocycles. The van der Waals surface area contributed by atoms with Gasteiger partial charge in [-0.05, 0) is 37.5 Å². The zero-order valence-electron chi connectivity index (χ0n) is 11.2. The van der Waals surface area contributed by atoms with Gasteiger partial charge in [0.05, 0.1) is 12.1 Å². The van der Waals surface area contributed by atoms with Crippen molar-refractivity contribution in [3.63, 3.8) is 0 Å². The first kappa shape index (κ1) is 11.4. The molecule has 0 aromatic carbocycles. The van der Waals surface area contributed by atoms with Crippen LogP contribution in [0.4, 0.5) is 0 Å². The number of aliphatic imine (C=N–C) groups is 1. The molecule has 3 aliphatic rings. The summed E-state index contributed by atoms with van der Waals surface area (Å²) in [4.78, 5) is 7.07. The lowest BCUT2D eigenvalue weighted by Gasteiger charge is -2.46. The number of hydrogen-bond acceptors (Lipinski definition) is 3. The highest BCUT2D eigenvalue weighted by molar-refractivity contribution is 5.81. The molecule has 0 radical (unpaired) electrons. The van der Waals surface area contributed by atoms with Crippen molar-refractivity contribution in [2.24, 2.45) is 22.6 Å². The minimum atomic E-state index is 0.304. The molecule has 3 rings (SSSR count). The van der Waals surface area contributed by atoms with Gasteiger partial charge < -0.3 is 10.6 Å². The molecule has 17 heavy (non-hydrogen) atoms. The Hall–Kier alpha value is -0.730. The lowest BCUT2D eigenvalue weighted by Crippen LogP contribution is -2.55. The predicted molar refractivity (Wildman–Crippen MR) is 70.9 cm³/mol. The first-order valence-corrected chi connectivity index (χ1v) is 7.22. The molecule has 1 heterocycles. The lowest BCUT2D eigenvalue weighted by atomic mass is 9.71. The van der Waals surface area contributed by atoms with Crippen LogP contribution in [0.15, 0.2) is 4.99 Å². The molecular weight excluding hydrogens is 210 g/mol. The molecular formula is C14H25N3. The smallest absolute Gasteiger partial charge is 0.192 e. The van der Waals surface area contributed by atoms with Crippen LogP contribution in [0, 0.1) is 11.8 Å². The van der Waals surface area contributed by atoms with Gasteiger partial charge in [-0.1, -0.05) is 26.7 Å². The summed E-state index contributed by atoms with van der Waals surface area (Å²) >= 11 is 0. The number of nitrogens with two attached hydrogens (primary N) is 1. The molecule has 0 amide bonds. The van der Waals surface area contributed by atoms with E-state index in [0.29, 0.717) is 11.6 Å². The lowest BCUT2D eigenvalue weighted by molar-refractivity contribution is 0.0848. The van der Waals surface area contributed by atoms with Gasteiger partial charge in [0.15, 0.2) is 5.96 Å². The van der Waals surface area contributed by atoms with Gasteiger partial charge in [0.2, 0.25) is 0 Å². The van der Waals surface area contributed by atoms with Crippen molar-refractivity contribution in [1.82, 2.24) is 4.90 Å². The van der Waals surface area contributed by atoms with Crippen molar-refractivity contribution < 1.29 is 0 Å². The molecule has 96 valence electrons. The molecule has 2 aliphatic carbocycles. The maximum absolute atomic E-state index is 6.12. The van der Waals surface area contributed by atoms with Gasteiger partial charge in [0.25, 0.3) is 0 Å². The maximum Gasteiger partial charge on any atom is 0.192 e. The van der Waals surface area contributed by atoms with Gasteiger partial charge in [-0.2, -0.15) is 0 Å². The van der Waals surface area contributed by atoms with Crippen LogP contribution >= 0.6 is 0 Å². The van der Waals surface area contributed by atoms with E-state index in [0.717, 1.165) is 24.3 Å². The maximum atomic E-state index is 6.12. The molecule has 0 aromatic heterocycles. The molecule has 1 spiro atoms. The van der Waals surface area contributed by atoms with E-state index in [9.17, 15) is 0 Å². The second kappa shape index (κ2) is 3.89. The summed E-state index contributed by atoms with van der Waals surface area (Å²) in [5, 5.41) is 0. The third-order valence-electron chi connectivity index (χ3n) is 5.01. The van der Waals surface area contributed by atoms with Gasteiger partial charge in [-0.3, -0.25) is 4.99 Å². The normalized spacial score (nSPS) is 37.9. The molecule has 0 saturated heterocycles. The quantitative estimate of drug-likeness (QED) is 0.798. The summed E-state index contributed by atoms with van der Waals surface area (Å²) in [6.07, 6.45) is 8.02. The van der Waals surface area contributed by atoms with Crippen molar-refractivity contribution in [2.75, 3.05) is 6.54 Å². The molecule has 3 heteroatoms. The minimum Gasteiger partial charge on any atom is -0.370 e. The third-order valence-corrected chi connectivity index (χ3v) is 5.01. The van der Waals surface area contributed by atoms with E-state index in [1.165, 1.54) is 38.5 Å². The van der Waals surface area contributed by atoms with Crippen LogP contribution in [0.5, 0.6) is 0 Å². The van der Waals surface area contributed by atoms with E-state index >= 15 is 0 Å². The van der Waals surface area contributed by atoms with Crippen LogP contribution in [0.25, 0.3) is 0 Å². The van der Waals surface area contributed by atoms with E-state index in [4.69, 9.17) is 5.73 Å². The average Bonchev–Trinajstić information content (AvgIpc) is 3.07. The number of hydrogen-bond donors (Lipinski definition) is 1. The second-order valence-electron chi connectivity index (χ2n) is 6.60. The number of rotatable bonds is 2. The van der Waals surface area contributed by atoms with Crippen molar-refractivity contribution in [2.45, 2.75) is 64.0 Å². The topological polar surface area (TPSA) is 41.6 Å². The zero-order valence-corrected chi connectivity index (χ0v) is 11.2. The number of guanidine groups is 1. The molecule has 2 atom stereocenters. The minimum absolute atomic E-state index is 0.304. The Bertz CT molecular complexity index is 332. The molecule has 0 aromatic rings. The average molecular weight is 235 g/mol. The van der Waals surface area contributed by atoms with Crippen LogP contribution in [-0.2, 0) is 0 Å². The van der Waals surface area contributed by atoms with E-state index in [2.05, 4.69) is 23.7 Å². The standard InChI is InChI=1S/C14H25N3/c1-10(2)11-4-3-7-14(8-11)9-16-13(15)17(14)12-5-6-12/h10-12H,3-9H2,1-2H3,(H2,15,16). The van der Waals surface area contributed by atoms with E-state index in [-0.39, 0.29) is 0 Å². The first-order valence-electron chi connectivity index (χ1n) is 7.22.